The van der Waals surface area contributed by atoms with E-state index in [4.69, 9.17) is 9.26 Å². The van der Waals surface area contributed by atoms with Gasteiger partial charge in [-0.05, 0) is 26.5 Å². The summed E-state index contributed by atoms with van der Waals surface area (Å²) in [6.07, 6.45) is 1.80. The van der Waals surface area contributed by atoms with Crippen molar-refractivity contribution in [2.24, 2.45) is 0 Å². The van der Waals surface area contributed by atoms with Gasteiger partial charge in [-0.3, -0.25) is 0 Å². The van der Waals surface area contributed by atoms with Crippen LogP contribution in [-0.2, 0) is 19.6 Å². The summed E-state index contributed by atoms with van der Waals surface area (Å²) < 4.78 is 10.9. The molecule has 0 atom stereocenters. The first-order valence-corrected chi connectivity index (χ1v) is 6.91. The lowest BCUT2D eigenvalue weighted by Crippen LogP contribution is -2.08. The number of benzene rings is 1. The molecule has 0 saturated heterocycles. The molecule has 5 nitrogen and oxygen atoms in total. The van der Waals surface area contributed by atoms with Crippen molar-refractivity contribution in [3.63, 3.8) is 0 Å². The Morgan fingerprint density at radius 3 is 2.95 bits per heavy atom. The summed E-state index contributed by atoms with van der Waals surface area (Å²) in [5.41, 5.74) is 2.34. The van der Waals surface area contributed by atoms with Gasteiger partial charge in [0.2, 0.25) is 11.7 Å². The van der Waals surface area contributed by atoms with Crippen molar-refractivity contribution in [3.05, 3.63) is 41.0 Å². The molecule has 0 aliphatic carbocycles. The molecule has 1 aromatic carbocycles. The summed E-state index contributed by atoms with van der Waals surface area (Å²) in [4.78, 5) is 4.29. The highest BCUT2D eigenvalue weighted by atomic mass is 16.5. The van der Waals surface area contributed by atoms with E-state index < -0.39 is 0 Å². The Balaban J connectivity index is 2.02. The third-order valence-corrected chi connectivity index (χ3v) is 2.91. The lowest BCUT2D eigenvalue weighted by Gasteiger charge is -2.10. The van der Waals surface area contributed by atoms with Gasteiger partial charge in [0.15, 0.2) is 6.61 Å². The fourth-order valence-corrected chi connectivity index (χ4v) is 1.98. The Hall–Kier alpha value is -1.88. The van der Waals surface area contributed by atoms with Crippen molar-refractivity contribution < 1.29 is 9.26 Å². The van der Waals surface area contributed by atoms with Gasteiger partial charge in [0.1, 0.15) is 5.75 Å². The smallest absolute Gasteiger partial charge is 0.226 e. The molecule has 0 bridgehead atoms. The topological polar surface area (TPSA) is 60.2 Å². The zero-order valence-corrected chi connectivity index (χ0v) is 12.3. The van der Waals surface area contributed by atoms with Crippen molar-refractivity contribution in [3.8, 4) is 5.75 Å². The van der Waals surface area contributed by atoms with Gasteiger partial charge >= 0.3 is 0 Å². The highest BCUT2D eigenvalue weighted by Gasteiger charge is 2.08. The number of hydrogen-bond acceptors (Lipinski definition) is 5. The van der Waals surface area contributed by atoms with Crippen LogP contribution in [-0.4, -0.2) is 17.2 Å². The summed E-state index contributed by atoms with van der Waals surface area (Å²) >= 11 is 0. The quantitative estimate of drug-likeness (QED) is 0.841. The van der Waals surface area contributed by atoms with E-state index in [1.54, 1.807) is 0 Å². The molecule has 2 aromatic rings. The maximum Gasteiger partial charge on any atom is 0.226 e. The first kappa shape index (κ1) is 14.5. The van der Waals surface area contributed by atoms with Crippen LogP contribution >= 0.6 is 0 Å². The standard InChI is InChI=1S/C15H21N3O2/c1-4-5-15-17-14(18-20-15)10-19-13-7-6-11(2)8-12(13)9-16-3/h6-8,16H,4-5,9-10H2,1-3H3. The average molecular weight is 275 g/mol. The number of nitrogens with zero attached hydrogens (tertiary/aromatic N) is 2. The van der Waals surface area contributed by atoms with Gasteiger partial charge in [-0.1, -0.05) is 29.8 Å². The van der Waals surface area contributed by atoms with Crippen LogP contribution in [0.3, 0.4) is 0 Å². The molecule has 0 aliphatic heterocycles. The lowest BCUT2D eigenvalue weighted by molar-refractivity contribution is 0.282. The number of ether oxygens (including phenoxy) is 1. The van der Waals surface area contributed by atoms with Crippen molar-refractivity contribution in [2.75, 3.05) is 7.05 Å². The number of aromatic nitrogens is 2. The second kappa shape index (κ2) is 7.05. The molecule has 1 aromatic heterocycles. The van der Waals surface area contributed by atoms with Gasteiger partial charge in [0.25, 0.3) is 0 Å². The molecule has 108 valence electrons. The van der Waals surface area contributed by atoms with Gasteiger partial charge in [-0.25, -0.2) is 0 Å². The molecule has 0 radical (unpaired) electrons. The number of aryl methyl sites for hydroxylation is 2. The third kappa shape index (κ3) is 3.81. The van der Waals surface area contributed by atoms with Crippen LogP contribution in [0.5, 0.6) is 5.75 Å². The van der Waals surface area contributed by atoms with Crippen LogP contribution in [0.15, 0.2) is 22.7 Å². The Labute approximate surface area is 119 Å². The Morgan fingerprint density at radius 1 is 1.35 bits per heavy atom. The van der Waals surface area contributed by atoms with E-state index >= 15 is 0 Å². The number of hydrogen-bond donors (Lipinski definition) is 1. The van der Waals surface area contributed by atoms with E-state index in [1.807, 2.05) is 19.2 Å². The molecule has 0 amide bonds. The van der Waals surface area contributed by atoms with Gasteiger partial charge in [0, 0.05) is 18.5 Å². The first-order valence-electron chi connectivity index (χ1n) is 6.91. The molecule has 0 spiro atoms. The third-order valence-electron chi connectivity index (χ3n) is 2.91. The highest BCUT2D eigenvalue weighted by Crippen LogP contribution is 2.20. The number of nitrogens with one attached hydrogen (secondary N) is 1. The van der Waals surface area contributed by atoms with Crippen molar-refractivity contribution >= 4 is 0 Å². The molecule has 0 fully saturated rings. The number of rotatable bonds is 7. The van der Waals surface area contributed by atoms with Gasteiger partial charge < -0.3 is 14.6 Å². The summed E-state index contributed by atoms with van der Waals surface area (Å²) in [6.45, 7) is 5.24. The molecule has 1 N–H and O–H groups in total. The summed E-state index contributed by atoms with van der Waals surface area (Å²) in [5.74, 6) is 2.11. The maximum atomic E-state index is 5.80. The van der Waals surface area contributed by atoms with Crippen LogP contribution in [0.1, 0.15) is 36.2 Å². The zero-order valence-electron chi connectivity index (χ0n) is 12.3. The normalized spacial score (nSPS) is 10.8. The molecule has 5 heteroatoms. The first-order chi connectivity index (χ1) is 9.72. The van der Waals surface area contributed by atoms with E-state index in [0.717, 1.165) is 30.7 Å². The van der Waals surface area contributed by atoms with Crippen LogP contribution in [0.4, 0.5) is 0 Å². The average Bonchev–Trinajstić information content (AvgIpc) is 2.86. The Bertz CT molecular complexity index is 552. The van der Waals surface area contributed by atoms with E-state index in [1.165, 1.54) is 5.56 Å². The predicted octanol–water partition coefficient (Wildman–Crippen LogP) is 2.63. The second-order valence-corrected chi connectivity index (χ2v) is 4.78. The molecular weight excluding hydrogens is 254 g/mol. The van der Waals surface area contributed by atoms with Crippen LogP contribution < -0.4 is 10.1 Å². The van der Waals surface area contributed by atoms with Crippen molar-refractivity contribution in [1.29, 1.82) is 0 Å². The minimum Gasteiger partial charge on any atom is -0.485 e. The van der Waals surface area contributed by atoms with E-state index in [0.29, 0.717) is 18.3 Å². The van der Waals surface area contributed by atoms with Crippen LogP contribution in [0.2, 0.25) is 0 Å². The predicted molar refractivity (Wildman–Crippen MR) is 76.6 cm³/mol. The Morgan fingerprint density at radius 2 is 2.20 bits per heavy atom. The molecule has 1 heterocycles. The van der Waals surface area contributed by atoms with Gasteiger partial charge in [0.05, 0.1) is 0 Å². The molecule has 20 heavy (non-hydrogen) atoms. The lowest BCUT2D eigenvalue weighted by atomic mass is 10.1. The summed E-state index contributed by atoms with van der Waals surface area (Å²) in [6, 6.07) is 6.13. The van der Waals surface area contributed by atoms with Crippen LogP contribution in [0, 0.1) is 6.92 Å². The van der Waals surface area contributed by atoms with Gasteiger partial charge in [-0.2, -0.15) is 4.98 Å². The van der Waals surface area contributed by atoms with Crippen molar-refractivity contribution in [1.82, 2.24) is 15.5 Å². The summed E-state index contributed by atoms with van der Waals surface area (Å²) in [7, 11) is 1.92. The fourth-order valence-electron chi connectivity index (χ4n) is 1.98. The van der Waals surface area contributed by atoms with E-state index in [9.17, 15) is 0 Å². The maximum absolute atomic E-state index is 5.80. The van der Waals surface area contributed by atoms with E-state index in [-0.39, 0.29) is 0 Å². The molecule has 2 rings (SSSR count). The zero-order chi connectivity index (χ0) is 14.4. The van der Waals surface area contributed by atoms with Gasteiger partial charge in [-0.15, -0.1) is 0 Å². The largest absolute Gasteiger partial charge is 0.485 e. The second-order valence-electron chi connectivity index (χ2n) is 4.78. The fraction of sp³-hybridized carbons (Fsp3) is 0.467. The Kier molecular flexibility index (Phi) is 5.12. The minimum atomic E-state index is 0.326. The molecule has 0 unspecified atom stereocenters. The molecule has 0 aliphatic rings. The molecular formula is C15H21N3O2. The SMILES string of the molecule is CCCc1nc(COc2ccc(C)cc2CNC)no1. The minimum absolute atomic E-state index is 0.326. The monoisotopic (exact) mass is 275 g/mol. The molecule has 0 saturated carbocycles. The van der Waals surface area contributed by atoms with Crippen molar-refractivity contribution in [2.45, 2.75) is 39.8 Å². The van der Waals surface area contributed by atoms with Crippen LogP contribution in [0.25, 0.3) is 0 Å². The summed E-state index contributed by atoms with van der Waals surface area (Å²) in [5, 5.41) is 7.06. The highest BCUT2D eigenvalue weighted by molar-refractivity contribution is 5.36. The van der Waals surface area contributed by atoms with E-state index in [2.05, 4.69) is 35.4 Å².